The van der Waals surface area contributed by atoms with Crippen LogP contribution in [0.15, 0.2) is 58.5 Å². The first-order valence-corrected chi connectivity index (χ1v) is 8.33. The zero-order valence-electron chi connectivity index (χ0n) is 12.1. The van der Waals surface area contributed by atoms with Gasteiger partial charge < -0.3 is 10.2 Å². The summed E-state index contributed by atoms with van der Waals surface area (Å²) in [6.07, 6.45) is 1.53. The molecule has 114 valence electrons. The van der Waals surface area contributed by atoms with Crippen LogP contribution in [0.2, 0.25) is 0 Å². The van der Waals surface area contributed by atoms with Gasteiger partial charge in [0.05, 0.1) is 15.7 Å². The van der Waals surface area contributed by atoms with Gasteiger partial charge in [0.15, 0.2) is 0 Å². The summed E-state index contributed by atoms with van der Waals surface area (Å²) in [5, 5.41) is 3.21. The number of piperazine rings is 1. The minimum absolute atomic E-state index is 0.0708. The van der Waals surface area contributed by atoms with Crippen LogP contribution in [-0.2, 0) is 10.8 Å². The molecule has 22 heavy (non-hydrogen) atoms. The van der Waals surface area contributed by atoms with Crippen LogP contribution in [0.3, 0.4) is 0 Å². The maximum atomic E-state index is 12.4. The van der Waals surface area contributed by atoms with E-state index < -0.39 is 10.8 Å². The van der Waals surface area contributed by atoms with Crippen LogP contribution in [0.25, 0.3) is 0 Å². The summed E-state index contributed by atoms with van der Waals surface area (Å²) in [6.45, 7) is 3.00. The molecule has 0 saturated carbocycles. The normalized spacial score (nSPS) is 16.3. The van der Waals surface area contributed by atoms with E-state index >= 15 is 0 Å². The van der Waals surface area contributed by atoms with E-state index in [4.69, 9.17) is 0 Å². The van der Waals surface area contributed by atoms with Crippen LogP contribution in [0, 0.1) is 0 Å². The number of carbonyl (C=O) groups excluding carboxylic acids is 1. The van der Waals surface area contributed by atoms with Gasteiger partial charge in [-0.1, -0.05) is 18.2 Å². The number of aromatic nitrogens is 1. The second-order valence-electron chi connectivity index (χ2n) is 5.00. The summed E-state index contributed by atoms with van der Waals surface area (Å²) < 4.78 is 12.4. The molecule has 1 aromatic heterocycles. The topological polar surface area (TPSA) is 62.3 Å². The molecular formula is C16H17N3O2S. The van der Waals surface area contributed by atoms with Crippen LogP contribution in [0.4, 0.5) is 0 Å². The largest absolute Gasteiger partial charge is 0.335 e. The number of hydrogen-bond acceptors (Lipinski definition) is 4. The number of rotatable bonds is 3. The molecule has 2 heterocycles. The molecule has 1 atom stereocenters. The van der Waals surface area contributed by atoms with Crippen molar-refractivity contribution in [1.82, 2.24) is 15.2 Å². The van der Waals surface area contributed by atoms with Crippen molar-refractivity contribution < 1.29 is 9.00 Å². The fraction of sp³-hybridized carbons (Fsp3) is 0.250. The van der Waals surface area contributed by atoms with E-state index in [9.17, 15) is 9.00 Å². The van der Waals surface area contributed by atoms with Gasteiger partial charge in [0.2, 0.25) is 0 Å². The highest BCUT2D eigenvalue weighted by Crippen LogP contribution is 2.15. The number of nitrogens with one attached hydrogen (secondary N) is 1. The van der Waals surface area contributed by atoms with E-state index in [2.05, 4.69) is 10.3 Å². The number of hydrogen-bond donors (Lipinski definition) is 1. The smallest absolute Gasteiger partial charge is 0.272 e. The Hall–Kier alpha value is -2.05. The molecule has 3 rings (SSSR count). The first-order valence-electron chi connectivity index (χ1n) is 7.18. The van der Waals surface area contributed by atoms with E-state index in [1.54, 1.807) is 17.0 Å². The second kappa shape index (κ2) is 6.81. The molecular weight excluding hydrogens is 298 g/mol. The van der Waals surface area contributed by atoms with Crippen molar-refractivity contribution >= 4 is 16.7 Å². The van der Waals surface area contributed by atoms with Crippen LogP contribution in [0.5, 0.6) is 0 Å². The highest BCUT2D eigenvalue weighted by molar-refractivity contribution is 7.85. The first-order chi connectivity index (χ1) is 10.8. The monoisotopic (exact) mass is 315 g/mol. The fourth-order valence-corrected chi connectivity index (χ4v) is 3.34. The number of nitrogens with zero attached hydrogens (tertiary/aromatic N) is 2. The lowest BCUT2D eigenvalue weighted by atomic mass is 10.3. The van der Waals surface area contributed by atoms with E-state index in [1.165, 1.54) is 6.20 Å². The molecule has 1 unspecified atom stereocenters. The molecule has 6 heteroatoms. The molecule has 1 fully saturated rings. The van der Waals surface area contributed by atoms with Gasteiger partial charge >= 0.3 is 0 Å². The zero-order chi connectivity index (χ0) is 15.4. The predicted octanol–water partition coefficient (Wildman–Crippen LogP) is 1.29. The number of benzene rings is 1. The standard InChI is InChI=1S/C16H17N3O2S/c20-16(19-10-8-17-9-11-19)15-7-6-14(12-18-15)22(21)13-4-2-1-3-5-13/h1-7,12,17H,8-11H2. The average Bonchev–Trinajstić information content (AvgIpc) is 2.62. The summed E-state index contributed by atoms with van der Waals surface area (Å²) in [5.41, 5.74) is 0.399. The highest BCUT2D eigenvalue weighted by Gasteiger charge is 2.19. The van der Waals surface area contributed by atoms with Crippen molar-refractivity contribution in [3.8, 4) is 0 Å². The Labute approximate surface area is 131 Å². The van der Waals surface area contributed by atoms with Crippen molar-refractivity contribution in [2.45, 2.75) is 9.79 Å². The predicted molar refractivity (Wildman–Crippen MR) is 84.1 cm³/mol. The minimum Gasteiger partial charge on any atom is -0.335 e. The molecule has 1 amide bonds. The molecule has 1 aromatic carbocycles. The summed E-state index contributed by atoms with van der Waals surface area (Å²) in [4.78, 5) is 19.6. The lowest BCUT2D eigenvalue weighted by Crippen LogP contribution is -2.46. The van der Waals surface area contributed by atoms with Gasteiger partial charge in [0.25, 0.3) is 5.91 Å². The highest BCUT2D eigenvalue weighted by atomic mass is 32.2. The van der Waals surface area contributed by atoms with Crippen molar-refractivity contribution in [2.75, 3.05) is 26.2 Å². The molecule has 0 radical (unpaired) electrons. The molecule has 0 aliphatic carbocycles. The lowest BCUT2D eigenvalue weighted by Gasteiger charge is -2.27. The summed E-state index contributed by atoms with van der Waals surface area (Å²) in [5.74, 6) is -0.0708. The third-order valence-corrected chi connectivity index (χ3v) is 4.90. The van der Waals surface area contributed by atoms with Crippen LogP contribution in [-0.4, -0.2) is 46.2 Å². The summed E-state index contributed by atoms with van der Waals surface area (Å²) in [6, 6.07) is 12.6. The Morgan fingerprint density at radius 1 is 1.05 bits per heavy atom. The molecule has 2 aromatic rings. The Morgan fingerprint density at radius 3 is 2.41 bits per heavy atom. The third-order valence-electron chi connectivity index (χ3n) is 3.53. The molecule has 1 N–H and O–H groups in total. The maximum absolute atomic E-state index is 12.4. The van der Waals surface area contributed by atoms with Gasteiger partial charge in [-0.15, -0.1) is 0 Å². The van der Waals surface area contributed by atoms with Gasteiger partial charge in [-0.25, -0.2) is 9.19 Å². The number of pyridine rings is 1. The zero-order valence-corrected chi connectivity index (χ0v) is 12.9. The van der Waals surface area contributed by atoms with Gasteiger partial charge in [-0.05, 0) is 24.3 Å². The molecule has 1 saturated heterocycles. The van der Waals surface area contributed by atoms with E-state index in [-0.39, 0.29) is 5.91 Å². The first kappa shape index (κ1) is 14.9. The molecule has 5 nitrogen and oxygen atoms in total. The number of amides is 1. The Bertz CT molecular complexity index is 668. The lowest BCUT2D eigenvalue weighted by molar-refractivity contribution is 0.0729. The van der Waals surface area contributed by atoms with E-state index in [0.29, 0.717) is 23.7 Å². The average molecular weight is 315 g/mol. The van der Waals surface area contributed by atoms with Crippen LogP contribution < -0.4 is 5.32 Å². The fourth-order valence-electron chi connectivity index (χ4n) is 2.33. The van der Waals surface area contributed by atoms with Gasteiger partial charge in [-0.3, -0.25) is 4.79 Å². The Morgan fingerprint density at radius 2 is 1.77 bits per heavy atom. The van der Waals surface area contributed by atoms with Gasteiger partial charge in [0.1, 0.15) is 5.69 Å². The van der Waals surface area contributed by atoms with E-state index in [1.807, 2.05) is 30.3 Å². The van der Waals surface area contributed by atoms with Crippen molar-refractivity contribution in [3.05, 3.63) is 54.4 Å². The minimum atomic E-state index is -1.27. The molecule has 1 aliphatic rings. The van der Waals surface area contributed by atoms with Gasteiger partial charge in [0, 0.05) is 37.3 Å². The van der Waals surface area contributed by atoms with Crippen LogP contribution in [0.1, 0.15) is 10.5 Å². The van der Waals surface area contributed by atoms with E-state index in [0.717, 1.165) is 18.0 Å². The summed E-state index contributed by atoms with van der Waals surface area (Å²) in [7, 11) is -1.27. The number of carbonyl (C=O) groups is 1. The van der Waals surface area contributed by atoms with Crippen molar-refractivity contribution in [2.24, 2.45) is 0 Å². The maximum Gasteiger partial charge on any atom is 0.272 e. The Kier molecular flexibility index (Phi) is 4.60. The summed E-state index contributed by atoms with van der Waals surface area (Å²) >= 11 is 0. The SMILES string of the molecule is O=C(c1ccc(S(=O)c2ccccc2)cn1)N1CCNCC1. The van der Waals surface area contributed by atoms with Gasteiger partial charge in [-0.2, -0.15) is 0 Å². The van der Waals surface area contributed by atoms with Crippen molar-refractivity contribution in [1.29, 1.82) is 0 Å². The molecule has 1 aliphatic heterocycles. The quantitative estimate of drug-likeness (QED) is 0.927. The Balaban J connectivity index is 1.75. The molecule has 0 bridgehead atoms. The van der Waals surface area contributed by atoms with Crippen molar-refractivity contribution in [3.63, 3.8) is 0 Å². The second-order valence-corrected chi connectivity index (χ2v) is 6.48. The molecule has 0 spiro atoms. The third kappa shape index (κ3) is 3.23. The van der Waals surface area contributed by atoms with Crippen LogP contribution >= 0.6 is 0 Å².